The summed E-state index contributed by atoms with van der Waals surface area (Å²) < 4.78 is 15.5. The van der Waals surface area contributed by atoms with Gasteiger partial charge in [-0.05, 0) is 12.3 Å². The zero-order valence-electron chi connectivity index (χ0n) is 8.12. The van der Waals surface area contributed by atoms with Gasteiger partial charge in [0, 0.05) is 6.66 Å². The van der Waals surface area contributed by atoms with Crippen LogP contribution in [0.15, 0.2) is 0 Å². The van der Waals surface area contributed by atoms with Gasteiger partial charge in [0.15, 0.2) is 0 Å². The van der Waals surface area contributed by atoms with Crippen molar-refractivity contribution < 1.29 is 14.0 Å². The number of unbranched alkanes of at least 4 members (excludes halogenated alkanes) is 1. The summed E-state index contributed by atoms with van der Waals surface area (Å²) in [4.78, 5) is 8.83. The second-order valence-electron chi connectivity index (χ2n) is 3.35. The van der Waals surface area contributed by atoms with E-state index in [-0.39, 0.29) is 0 Å². The van der Waals surface area contributed by atoms with Gasteiger partial charge in [-0.1, -0.05) is 26.7 Å². The molecule has 0 aromatic carbocycles. The Bertz CT molecular complexity index is 152. The molecule has 0 fully saturated rings. The van der Waals surface area contributed by atoms with E-state index >= 15 is 0 Å². The molecular weight excluding hydrogens is 175 g/mol. The van der Waals surface area contributed by atoms with E-state index in [4.69, 9.17) is 9.42 Å². The Kier molecular flexibility index (Phi) is 5.81. The van der Waals surface area contributed by atoms with Crippen LogP contribution in [0.25, 0.3) is 0 Å². The topological polar surface area (TPSA) is 46.5 Å². The molecule has 12 heavy (non-hydrogen) atoms. The van der Waals surface area contributed by atoms with Gasteiger partial charge in [0.25, 0.3) is 0 Å². The molecule has 0 saturated carbocycles. The van der Waals surface area contributed by atoms with E-state index in [0.29, 0.717) is 12.5 Å². The average molecular weight is 194 g/mol. The third-order valence-electron chi connectivity index (χ3n) is 1.65. The molecule has 0 aliphatic carbocycles. The third kappa shape index (κ3) is 8.25. The first-order valence-corrected chi connectivity index (χ1v) is 6.43. The van der Waals surface area contributed by atoms with Crippen LogP contribution in [0.2, 0.25) is 0 Å². The Balaban J connectivity index is 3.44. The molecule has 0 aromatic heterocycles. The molecule has 0 radical (unpaired) electrons. The van der Waals surface area contributed by atoms with Crippen LogP contribution >= 0.6 is 7.60 Å². The van der Waals surface area contributed by atoms with Crippen LogP contribution in [-0.4, -0.2) is 18.2 Å². The molecular formula is C8H19O3P. The number of rotatable bonds is 6. The largest absolute Gasteiger partial charge is 0.325 e. The van der Waals surface area contributed by atoms with E-state index in [9.17, 15) is 4.57 Å². The van der Waals surface area contributed by atoms with Crippen LogP contribution in [0.4, 0.5) is 0 Å². The first-order chi connectivity index (χ1) is 5.45. The maximum absolute atomic E-state index is 10.7. The van der Waals surface area contributed by atoms with Gasteiger partial charge in [-0.15, -0.1) is 0 Å². The molecule has 0 amide bonds. The van der Waals surface area contributed by atoms with Gasteiger partial charge >= 0.3 is 7.60 Å². The lowest BCUT2D eigenvalue weighted by molar-refractivity contribution is 0.219. The van der Waals surface area contributed by atoms with Gasteiger partial charge in [-0.3, -0.25) is 4.57 Å². The molecule has 0 aromatic rings. The van der Waals surface area contributed by atoms with Crippen molar-refractivity contribution in [2.75, 3.05) is 13.3 Å². The van der Waals surface area contributed by atoms with Crippen LogP contribution < -0.4 is 0 Å². The quantitative estimate of drug-likeness (QED) is 0.661. The Morgan fingerprint density at radius 2 is 2.17 bits per heavy atom. The highest BCUT2D eigenvalue weighted by Gasteiger charge is 2.11. The summed E-state index contributed by atoms with van der Waals surface area (Å²) in [6.07, 6.45) is 3.38. The van der Waals surface area contributed by atoms with Crippen molar-refractivity contribution in [1.29, 1.82) is 0 Å². The van der Waals surface area contributed by atoms with Gasteiger partial charge in [-0.25, -0.2) is 0 Å². The molecule has 2 unspecified atom stereocenters. The lowest BCUT2D eigenvalue weighted by Crippen LogP contribution is -2.04. The maximum atomic E-state index is 10.7. The van der Waals surface area contributed by atoms with Crippen LogP contribution in [0.5, 0.6) is 0 Å². The van der Waals surface area contributed by atoms with E-state index in [2.05, 4.69) is 6.92 Å². The normalized spacial score (nSPS) is 18.7. The second kappa shape index (κ2) is 5.74. The molecule has 0 aliphatic heterocycles. The first-order valence-electron chi connectivity index (χ1n) is 4.40. The van der Waals surface area contributed by atoms with E-state index in [0.717, 1.165) is 19.3 Å². The molecule has 2 atom stereocenters. The fourth-order valence-corrected chi connectivity index (χ4v) is 1.43. The van der Waals surface area contributed by atoms with Crippen molar-refractivity contribution in [2.45, 2.75) is 33.1 Å². The maximum Gasteiger partial charge on any atom is 0.325 e. The molecule has 0 bridgehead atoms. The van der Waals surface area contributed by atoms with Gasteiger partial charge in [-0.2, -0.15) is 0 Å². The summed E-state index contributed by atoms with van der Waals surface area (Å²) in [5, 5.41) is 0. The van der Waals surface area contributed by atoms with Crippen LogP contribution in [-0.2, 0) is 9.09 Å². The smallest absolute Gasteiger partial charge is 0.324 e. The SMILES string of the molecule is CCCCC(C)COP(C)(=O)O. The summed E-state index contributed by atoms with van der Waals surface area (Å²) >= 11 is 0. The van der Waals surface area contributed by atoms with E-state index < -0.39 is 7.60 Å². The number of hydrogen-bond donors (Lipinski definition) is 1. The summed E-state index contributed by atoms with van der Waals surface area (Å²) in [6.45, 7) is 5.78. The minimum Gasteiger partial charge on any atom is -0.324 e. The molecule has 4 heteroatoms. The summed E-state index contributed by atoms with van der Waals surface area (Å²) in [7, 11) is -3.25. The van der Waals surface area contributed by atoms with Crippen LogP contribution in [0.1, 0.15) is 33.1 Å². The van der Waals surface area contributed by atoms with Gasteiger partial charge in [0.2, 0.25) is 0 Å². The van der Waals surface area contributed by atoms with Crippen LogP contribution in [0, 0.1) is 5.92 Å². The zero-order chi connectivity index (χ0) is 9.61. The Hall–Kier alpha value is 0.150. The standard InChI is InChI=1S/C8H19O3P/c1-4-5-6-8(2)7-11-12(3,9)10/h8H,4-7H2,1-3H3,(H,9,10). The van der Waals surface area contributed by atoms with Crippen LogP contribution in [0.3, 0.4) is 0 Å². The van der Waals surface area contributed by atoms with Crippen molar-refractivity contribution in [3.05, 3.63) is 0 Å². The highest BCUT2D eigenvalue weighted by atomic mass is 31.2. The molecule has 1 N–H and O–H groups in total. The fraction of sp³-hybridized carbons (Fsp3) is 1.00. The summed E-state index contributed by atoms with van der Waals surface area (Å²) in [5.41, 5.74) is 0. The predicted molar refractivity (Wildman–Crippen MR) is 50.4 cm³/mol. The minimum atomic E-state index is -3.25. The fourth-order valence-electron chi connectivity index (χ4n) is 0.901. The average Bonchev–Trinajstić information content (AvgIpc) is 1.95. The minimum absolute atomic E-state index is 0.380. The third-order valence-corrected chi connectivity index (χ3v) is 2.28. The van der Waals surface area contributed by atoms with E-state index in [1.165, 1.54) is 6.66 Å². The first kappa shape index (κ1) is 12.2. The van der Waals surface area contributed by atoms with Gasteiger partial charge in [0.1, 0.15) is 0 Å². The monoisotopic (exact) mass is 194 g/mol. The van der Waals surface area contributed by atoms with Crippen molar-refractivity contribution in [3.8, 4) is 0 Å². The predicted octanol–water partition coefficient (Wildman–Crippen LogP) is 2.64. The molecule has 0 saturated heterocycles. The van der Waals surface area contributed by atoms with Gasteiger partial charge < -0.3 is 9.42 Å². The highest BCUT2D eigenvalue weighted by Crippen LogP contribution is 2.37. The summed E-state index contributed by atoms with van der Waals surface area (Å²) in [5.74, 6) is 0.380. The lowest BCUT2D eigenvalue weighted by Gasteiger charge is -2.12. The Morgan fingerprint density at radius 3 is 2.58 bits per heavy atom. The van der Waals surface area contributed by atoms with Crippen molar-refractivity contribution >= 4 is 7.60 Å². The number of hydrogen-bond acceptors (Lipinski definition) is 2. The van der Waals surface area contributed by atoms with E-state index in [1.807, 2.05) is 6.92 Å². The molecule has 0 spiro atoms. The molecule has 0 aliphatic rings. The molecule has 0 rings (SSSR count). The molecule has 74 valence electrons. The molecule has 3 nitrogen and oxygen atoms in total. The lowest BCUT2D eigenvalue weighted by atomic mass is 10.1. The Morgan fingerprint density at radius 1 is 1.58 bits per heavy atom. The van der Waals surface area contributed by atoms with Crippen molar-refractivity contribution in [3.63, 3.8) is 0 Å². The second-order valence-corrected chi connectivity index (χ2v) is 5.21. The highest BCUT2D eigenvalue weighted by molar-refractivity contribution is 7.51. The van der Waals surface area contributed by atoms with Gasteiger partial charge in [0.05, 0.1) is 6.61 Å². The zero-order valence-corrected chi connectivity index (χ0v) is 9.01. The summed E-state index contributed by atoms with van der Waals surface area (Å²) in [6, 6.07) is 0. The van der Waals surface area contributed by atoms with Crippen molar-refractivity contribution in [1.82, 2.24) is 0 Å². The van der Waals surface area contributed by atoms with E-state index in [1.54, 1.807) is 0 Å². The molecule has 0 heterocycles. The van der Waals surface area contributed by atoms with Crippen molar-refractivity contribution in [2.24, 2.45) is 5.92 Å². The Labute approximate surface area is 74.7 Å².